The second-order valence-electron chi connectivity index (χ2n) is 5.35. The molecule has 2 aromatic heterocycles. The zero-order valence-corrected chi connectivity index (χ0v) is 12.6. The van der Waals surface area contributed by atoms with Crippen LogP contribution in [0.15, 0.2) is 4.79 Å². The van der Waals surface area contributed by atoms with Crippen LogP contribution in [0.4, 0.5) is 5.95 Å². The number of nitrogen functional groups attached to an aromatic ring is 1. The van der Waals surface area contributed by atoms with Crippen molar-refractivity contribution in [1.29, 1.82) is 0 Å². The molecule has 0 spiro atoms. The molecule has 112 valence electrons. The Morgan fingerprint density at radius 3 is 2.81 bits per heavy atom. The maximum atomic E-state index is 12.3. The van der Waals surface area contributed by atoms with Crippen LogP contribution >= 0.6 is 11.3 Å². The van der Waals surface area contributed by atoms with Gasteiger partial charge in [0, 0.05) is 0 Å². The summed E-state index contributed by atoms with van der Waals surface area (Å²) in [5, 5.41) is 0.421. The molecule has 0 aromatic carbocycles. The van der Waals surface area contributed by atoms with Gasteiger partial charge in [0.2, 0.25) is 5.95 Å². The van der Waals surface area contributed by atoms with Crippen molar-refractivity contribution in [3.05, 3.63) is 20.8 Å². The van der Waals surface area contributed by atoms with Crippen molar-refractivity contribution in [1.82, 2.24) is 9.97 Å². The number of anilines is 1. The van der Waals surface area contributed by atoms with E-state index in [0.29, 0.717) is 20.7 Å². The van der Waals surface area contributed by atoms with Crippen LogP contribution in [0, 0.1) is 6.92 Å². The van der Waals surface area contributed by atoms with Gasteiger partial charge in [-0.1, -0.05) is 6.42 Å². The number of aromatic amines is 1. The van der Waals surface area contributed by atoms with E-state index < -0.39 is 0 Å². The van der Waals surface area contributed by atoms with Crippen LogP contribution in [-0.4, -0.2) is 22.0 Å². The summed E-state index contributed by atoms with van der Waals surface area (Å²) in [6.45, 7) is 1.74. The Labute approximate surface area is 125 Å². The largest absolute Gasteiger partial charge is 0.458 e. The number of thiophene rings is 1. The van der Waals surface area contributed by atoms with E-state index in [-0.39, 0.29) is 23.6 Å². The molecule has 7 heteroatoms. The summed E-state index contributed by atoms with van der Waals surface area (Å²) in [6, 6.07) is 0. The third-order valence-corrected chi connectivity index (χ3v) is 5.00. The number of carbonyl (C=O) groups excluding carboxylic acids is 1. The van der Waals surface area contributed by atoms with E-state index in [1.807, 2.05) is 0 Å². The van der Waals surface area contributed by atoms with Crippen LogP contribution in [0.1, 0.15) is 47.3 Å². The molecule has 0 atom stereocenters. The highest BCUT2D eigenvalue weighted by molar-refractivity contribution is 7.20. The number of nitrogens with two attached hydrogens (primary N) is 1. The molecule has 2 aromatic rings. The number of aromatic nitrogens is 2. The van der Waals surface area contributed by atoms with Crippen LogP contribution < -0.4 is 11.3 Å². The minimum atomic E-state index is -0.361. The summed E-state index contributed by atoms with van der Waals surface area (Å²) in [5.41, 5.74) is 5.83. The molecule has 1 aliphatic carbocycles. The minimum Gasteiger partial charge on any atom is -0.458 e. The minimum absolute atomic E-state index is 0.00725. The number of aryl methyl sites for hydroxylation is 1. The Morgan fingerprint density at radius 1 is 1.38 bits per heavy atom. The molecule has 0 amide bonds. The maximum Gasteiger partial charge on any atom is 0.348 e. The molecule has 0 radical (unpaired) electrons. The van der Waals surface area contributed by atoms with E-state index in [1.165, 1.54) is 6.42 Å². The molecule has 21 heavy (non-hydrogen) atoms. The molecule has 0 aliphatic heterocycles. The lowest BCUT2D eigenvalue weighted by Gasteiger charge is -2.21. The second-order valence-corrected chi connectivity index (χ2v) is 6.35. The smallest absolute Gasteiger partial charge is 0.348 e. The van der Waals surface area contributed by atoms with E-state index in [0.717, 1.165) is 37.0 Å². The van der Waals surface area contributed by atoms with Crippen LogP contribution in [0.25, 0.3) is 10.2 Å². The first-order valence-corrected chi connectivity index (χ1v) is 7.88. The Morgan fingerprint density at radius 2 is 2.10 bits per heavy atom. The molecule has 0 unspecified atom stereocenters. The van der Waals surface area contributed by atoms with E-state index >= 15 is 0 Å². The van der Waals surface area contributed by atoms with Gasteiger partial charge in [-0.2, -0.15) is 0 Å². The molecule has 1 fully saturated rings. The molecular formula is C14H17N3O3S. The molecule has 3 rings (SSSR count). The first-order chi connectivity index (χ1) is 10.1. The zero-order valence-electron chi connectivity index (χ0n) is 11.8. The number of hydrogen-bond donors (Lipinski definition) is 2. The highest BCUT2D eigenvalue weighted by Crippen LogP contribution is 2.29. The predicted octanol–water partition coefficient (Wildman–Crippen LogP) is 2.36. The summed E-state index contributed by atoms with van der Waals surface area (Å²) < 4.78 is 5.56. The van der Waals surface area contributed by atoms with Gasteiger partial charge in [0.25, 0.3) is 5.56 Å². The molecule has 2 heterocycles. The van der Waals surface area contributed by atoms with E-state index in [4.69, 9.17) is 10.5 Å². The average Bonchev–Trinajstić information content (AvgIpc) is 2.77. The third-order valence-electron chi connectivity index (χ3n) is 3.83. The van der Waals surface area contributed by atoms with Gasteiger partial charge in [-0.25, -0.2) is 9.78 Å². The number of hydrogen-bond acceptors (Lipinski definition) is 6. The van der Waals surface area contributed by atoms with Gasteiger partial charge >= 0.3 is 5.97 Å². The van der Waals surface area contributed by atoms with Crippen molar-refractivity contribution < 1.29 is 9.53 Å². The van der Waals surface area contributed by atoms with E-state index in [9.17, 15) is 9.59 Å². The predicted molar refractivity (Wildman–Crippen MR) is 81.7 cm³/mol. The molecular weight excluding hydrogens is 290 g/mol. The fourth-order valence-electron chi connectivity index (χ4n) is 2.74. The second kappa shape index (κ2) is 5.48. The Kier molecular flexibility index (Phi) is 3.67. The monoisotopic (exact) mass is 307 g/mol. The highest BCUT2D eigenvalue weighted by Gasteiger charge is 2.24. The summed E-state index contributed by atoms with van der Waals surface area (Å²) in [6.07, 6.45) is 5.23. The standard InChI is InChI=1S/C14H17N3O3S/c1-7-9-11(18)16-14(15)17-12(9)21-10(7)13(19)20-8-5-3-2-4-6-8/h8H,2-6H2,1H3,(H3,15,16,17,18). The highest BCUT2D eigenvalue weighted by atomic mass is 32.1. The van der Waals surface area contributed by atoms with Gasteiger partial charge in [0.15, 0.2) is 0 Å². The van der Waals surface area contributed by atoms with Crippen LogP contribution in [0.5, 0.6) is 0 Å². The van der Waals surface area contributed by atoms with Gasteiger partial charge in [0.05, 0.1) is 5.39 Å². The van der Waals surface area contributed by atoms with Crippen LogP contribution in [0.2, 0.25) is 0 Å². The number of nitrogens with one attached hydrogen (secondary N) is 1. The summed E-state index contributed by atoms with van der Waals surface area (Å²) in [5.74, 6) is -0.304. The number of carbonyl (C=O) groups is 1. The van der Waals surface area contributed by atoms with Crippen molar-refractivity contribution in [3.8, 4) is 0 Å². The van der Waals surface area contributed by atoms with Gasteiger partial charge in [-0.05, 0) is 38.2 Å². The normalized spacial score (nSPS) is 16.2. The Bertz CT molecular complexity index is 744. The summed E-state index contributed by atoms with van der Waals surface area (Å²) in [4.78, 5) is 31.7. The van der Waals surface area contributed by atoms with Crippen molar-refractivity contribution in [2.24, 2.45) is 0 Å². The quantitative estimate of drug-likeness (QED) is 0.830. The van der Waals surface area contributed by atoms with Crippen molar-refractivity contribution in [3.63, 3.8) is 0 Å². The Balaban J connectivity index is 1.93. The number of esters is 1. The molecule has 3 N–H and O–H groups in total. The fourth-order valence-corrected chi connectivity index (χ4v) is 3.81. The van der Waals surface area contributed by atoms with Gasteiger partial charge < -0.3 is 10.5 Å². The average molecular weight is 307 g/mol. The SMILES string of the molecule is Cc1c(C(=O)OC2CCCCC2)sc2nc(N)[nH]c(=O)c12. The van der Waals surface area contributed by atoms with Crippen molar-refractivity contribution >= 4 is 33.5 Å². The summed E-state index contributed by atoms with van der Waals surface area (Å²) >= 11 is 1.16. The number of rotatable bonds is 2. The number of H-pyrrole nitrogens is 1. The lowest BCUT2D eigenvalue weighted by molar-refractivity contribution is 0.0216. The van der Waals surface area contributed by atoms with Crippen LogP contribution in [-0.2, 0) is 4.74 Å². The molecule has 0 bridgehead atoms. The maximum absolute atomic E-state index is 12.3. The van der Waals surface area contributed by atoms with E-state index in [1.54, 1.807) is 6.92 Å². The van der Waals surface area contributed by atoms with Crippen LogP contribution in [0.3, 0.4) is 0 Å². The zero-order chi connectivity index (χ0) is 15.0. The number of ether oxygens (including phenoxy) is 1. The first-order valence-electron chi connectivity index (χ1n) is 7.06. The van der Waals surface area contributed by atoms with Crippen molar-refractivity contribution in [2.75, 3.05) is 5.73 Å². The van der Waals surface area contributed by atoms with E-state index in [2.05, 4.69) is 9.97 Å². The number of nitrogens with zero attached hydrogens (tertiary/aromatic N) is 1. The number of fused-ring (bicyclic) bond motifs is 1. The lowest BCUT2D eigenvalue weighted by atomic mass is 9.98. The molecule has 6 nitrogen and oxygen atoms in total. The third kappa shape index (κ3) is 2.65. The molecule has 1 aliphatic rings. The molecule has 0 saturated heterocycles. The topological polar surface area (TPSA) is 98.1 Å². The van der Waals surface area contributed by atoms with Gasteiger partial charge in [0.1, 0.15) is 15.8 Å². The Hall–Kier alpha value is -1.89. The molecule has 1 saturated carbocycles. The van der Waals surface area contributed by atoms with Crippen molar-refractivity contribution in [2.45, 2.75) is 45.1 Å². The van der Waals surface area contributed by atoms with Gasteiger partial charge in [-0.15, -0.1) is 11.3 Å². The first kappa shape index (κ1) is 14.1. The van der Waals surface area contributed by atoms with Gasteiger partial charge in [-0.3, -0.25) is 9.78 Å². The lowest BCUT2D eigenvalue weighted by Crippen LogP contribution is -2.20. The summed E-state index contributed by atoms with van der Waals surface area (Å²) in [7, 11) is 0. The fraction of sp³-hybridized carbons (Fsp3) is 0.500.